The summed E-state index contributed by atoms with van der Waals surface area (Å²) < 4.78 is 19.1. The molecule has 9 heteroatoms. The van der Waals surface area contributed by atoms with Gasteiger partial charge in [-0.25, -0.2) is 14.2 Å². The molecule has 6 nitrogen and oxygen atoms in total. The zero-order valence-electron chi connectivity index (χ0n) is 17.8. The van der Waals surface area contributed by atoms with E-state index < -0.39 is 17.7 Å². The van der Waals surface area contributed by atoms with Crippen molar-refractivity contribution >= 4 is 50.7 Å². The predicted octanol–water partition coefficient (Wildman–Crippen LogP) is 5.36. The van der Waals surface area contributed by atoms with Gasteiger partial charge in [0.2, 0.25) is 0 Å². The van der Waals surface area contributed by atoms with Crippen LogP contribution in [0.3, 0.4) is 0 Å². The lowest BCUT2D eigenvalue weighted by atomic mass is 10.0. The first-order valence-electron chi connectivity index (χ1n) is 10.4. The Morgan fingerprint density at radius 2 is 2.16 bits per heavy atom. The van der Waals surface area contributed by atoms with Gasteiger partial charge in [0.25, 0.3) is 5.91 Å². The Morgan fingerprint density at radius 1 is 1.34 bits per heavy atom. The number of nitrogens with zero attached hydrogens (tertiary/aromatic N) is 2. The van der Waals surface area contributed by atoms with Crippen LogP contribution in [0.5, 0.6) is 0 Å². The van der Waals surface area contributed by atoms with Crippen molar-refractivity contribution in [2.75, 3.05) is 25.5 Å². The van der Waals surface area contributed by atoms with Gasteiger partial charge in [-0.2, -0.15) is 0 Å². The van der Waals surface area contributed by atoms with Crippen LogP contribution in [0.15, 0.2) is 30.3 Å². The SMILES string of the molecule is COC(=O)c1sc2nc(CN3CCC[C@@H](C)C3)ccc2c1NC(=O)c1c(F)cccc1Cl. The number of hydrogen-bond donors (Lipinski definition) is 1. The number of amides is 1. The number of nitrogens with one attached hydrogen (secondary N) is 1. The maximum atomic E-state index is 14.2. The third kappa shape index (κ3) is 4.62. The number of aromatic nitrogens is 1. The highest BCUT2D eigenvalue weighted by molar-refractivity contribution is 7.21. The number of anilines is 1. The molecule has 0 spiro atoms. The lowest BCUT2D eigenvalue weighted by Gasteiger charge is -2.30. The molecule has 3 aromatic rings. The molecule has 168 valence electrons. The van der Waals surface area contributed by atoms with E-state index in [1.807, 2.05) is 12.1 Å². The van der Waals surface area contributed by atoms with Gasteiger partial charge in [-0.05, 0) is 49.6 Å². The molecule has 3 heterocycles. The van der Waals surface area contributed by atoms with E-state index in [9.17, 15) is 14.0 Å². The molecule has 1 saturated heterocycles. The number of esters is 1. The van der Waals surface area contributed by atoms with E-state index in [1.54, 1.807) is 0 Å². The number of pyridine rings is 1. The normalized spacial score (nSPS) is 16.8. The first-order chi connectivity index (χ1) is 15.4. The molecule has 1 amide bonds. The van der Waals surface area contributed by atoms with Crippen LogP contribution >= 0.6 is 22.9 Å². The van der Waals surface area contributed by atoms with Crippen LogP contribution < -0.4 is 5.32 Å². The minimum absolute atomic E-state index is 0.0159. The molecule has 0 unspecified atom stereocenters. The first-order valence-corrected chi connectivity index (χ1v) is 11.5. The van der Waals surface area contributed by atoms with E-state index in [-0.39, 0.29) is 21.2 Å². The highest BCUT2D eigenvalue weighted by Gasteiger charge is 2.25. The zero-order chi connectivity index (χ0) is 22.8. The van der Waals surface area contributed by atoms with E-state index in [0.29, 0.717) is 16.1 Å². The van der Waals surface area contributed by atoms with E-state index in [1.165, 1.54) is 32.1 Å². The number of halogens is 2. The van der Waals surface area contributed by atoms with E-state index >= 15 is 0 Å². The highest BCUT2D eigenvalue weighted by atomic mass is 35.5. The third-order valence-electron chi connectivity index (χ3n) is 5.54. The molecule has 1 aliphatic heterocycles. The summed E-state index contributed by atoms with van der Waals surface area (Å²) in [5.74, 6) is -1.43. The zero-order valence-corrected chi connectivity index (χ0v) is 19.4. The van der Waals surface area contributed by atoms with Gasteiger partial charge in [0.1, 0.15) is 15.5 Å². The number of piperidine rings is 1. The van der Waals surface area contributed by atoms with Crippen LogP contribution in [0.4, 0.5) is 10.1 Å². The summed E-state index contributed by atoms with van der Waals surface area (Å²) >= 11 is 7.16. The Labute approximate surface area is 194 Å². The standard InChI is InChI=1S/C23H23ClFN3O3S/c1-13-5-4-10-28(11-13)12-14-8-9-15-19(20(23(30)31-2)32-22(15)26-14)27-21(29)18-16(24)6-3-7-17(18)25/h3,6-9,13H,4-5,10-12H2,1-2H3,(H,27,29)/t13-/m1/s1. The van der Waals surface area contributed by atoms with Gasteiger partial charge in [-0.15, -0.1) is 11.3 Å². The van der Waals surface area contributed by atoms with Gasteiger partial charge in [-0.3, -0.25) is 9.69 Å². The fourth-order valence-electron chi connectivity index (χ4n) is 4.02. The monoisotopic (exact) mass is 475 g/mol. The molecule has 1 fully saturated rings. The van der Waals surface area contributed by atoms with Crippen LogP contribution in [0, 0.1) is 11.7 Å². The molecule has 0 aliphatic carbocycles. The second-order valence-corrected chi connectivity index (χ2v) is 9.39. The van der Waals surface area contributed by atoms with Crippen LogP contribution in [0.1, 0.15) is 45.5 Å². The fraction of sp³-hybridized carbons (Fsp3) is 0.348. The number of fused-ring (bicyclic) bond motifs is 1. The summed E-state index contributed by atoms with van der Waals surface area (Å²) in [6.45, 7) is 5.04. The highest BCUT2D eigenvalue weighted by Crippen LogP contribution is 2.36. The molecule has 4 rings (SSSR count). The van der Waals surface area contributed by atoms with Crippen molar-refractivity contribution in [1.29, 1.82) is 0 Å². The second kappa shape index (κ2) is 9.52. The molecule has 1 aliphatic rings. The number of rotatable bonds is 5. The molecule has 0 bridgehead atoms. The molecule has 32 heavy (non-hydrogen) atoms. The van der Waals surface area contributed by atoms with Gasteiger partial charge >= 0.3 is 5.97 Å². The first kappa shape index (κ1) is 22.6. The number of ether oxygens (including phenoxy) is 1. The maximum Gasteiger partial charge on any atom is 0.350 e. The van der Waals surface area contributed by atoms with Crippen molar-refractivity contribution in [1.82, 2.24) is 9.88 Å². The summed E-state index contributed by atoms with van der Waals surface area (Å²) in [7, 11) is 1.27. The van der Waals surface area contributed by atoms with Gasteiger partial charge in [0.15, 0.2) is 0 Å². The van der Waals surface area contributed by atoms with Crippen LogP contribution in [-0.2, 0) is 11.3 Å². The van der Waals surface area contributed by atoms with Crippen molar-refractivity contribution in [2.45, 2.75) is 26.3 Å². The number of carbonyl (C=O) groups excluding carboxylic acids is 2. The topological polar surface area (TPSA) is 71.5 Å². The van der Waals surface area contributed by atoms with Gasteiger partial charge in [0, 0.05) is 18.5 Å². The smallest absolute Gasteiger partial charge is 0.350 e. The second-order valence-electron chi connectivity index (χ2n) is 7.99. The Balaban J connectivity index is 1.67. The van der Waals surface area contributed by atoms with Crippen molar-refractivity contribution in [3.05, 3.63) is 57.3 Å². The summed E-state index contributed by atoms with van der Waals surface area (Å²) in [4.78, 5) is 33.1. The Kier molecular flexibility index (Phi) is 6.74. The molecule has 1 N–H and O–H groups in total. The Morgan fingerprint density at radius 3 is 2.88 bits per heavy atom. The molecule has 0 radical (unpaired) electrons. The molecular weight excluding hydrogens is 453 g/mol. The largest absolute Gasteiger partial charge is 0.465 e. The molecule has 1 aromatic carbocycles. The molecule has 0 saturated carbocycles. The lowest BCUT2D eigenvalue weighted by Crippen LogP contribution is -2.33. The molecule has 2 aromatic heterocycles. The number of carbonyl (C=O) groups is 2. The summed E-state index contributed by atoms with van der Waals surface area (Å²) in [5.41, 5.74) is 0.847. The number of hydrogen-bond acceptors (Lipinski definition) is 6. The quantitative estimate of drug-likeness (QED) is 0.503. The lowest BCUT2D eigenvalue weighted by molar-refractivity contribution is 0.0607. The van der Waals surface area contributed by atoms with Crippen molar-refractivity contribution in [3.63, 3.8) is 0 Å². The predicted molar refractivity (Wildman–Crippen MR) is 124 cm³/mol. The van der Waals surface area contributed by atoms with Gasteiger partial charge in [0.05, 0.1) is 29.1 Å². The number of benzene rings is 1. The van der Waals surface area contributed by atoms with Crippen molar-refractivity contribution in [2.24, 2.45) is 5.92 Å². The number of thiophene rings is 1. The molecular formula is C23H23ClFN3O3S. The van der Waals surface area contributed by atoms with E-state index in [0.717, 1.165) is 42.7 Å². The number of methoxy groups -OCH3 is 1. The summed E-state index contributed by atoms with van der Waals surface area (Å²) in [6.07, 6.45) is 2.41. The van der Waals surface area contributed by atoms with Crippen molar-refractivity contribution < 1.29 is 18.7 Å². The summed E-state index contributed by atoms with van der Waals surface area (Å²) in [5, 5.41) is 3.22. The molecule has 1 atom stereocenters. The fourth-order valence-corrected chi connectivity index (χ4v) is 5.33. The van der Waals surface area contributed by atoms with E-state index in [2.05, 4.69) is 17.1 Å². The van der Waals surface area contributed by atoms with Crippen molar-refractivity contribution in [3.8, 4) is 0 Å². The van der Waals surface area contributed by atoms with E-state index in [4.69, 9.17) is 21.3 Å². The Bertz CT molecular complexity index is 1160. The Hall–Kier alpha value is -2.55. The summed E-state index contributed by atoms with van der Waals surface area (Å²) in [6, 6.07) is 7.72. The van der Waals surface area contributed by atoms with Crippen LogP contribution in [-0.4, -0.2) is 42.0 Å². The maximum absolute atomic E-state index is 14.2. The van der Waals surface area contributed by atoms with Gasteiger partial charge in [-0.1, -0.05) is 24.6 Å². The minimum Gasteiger partial charge on any atom is -0.465 e. The van der Waals surface area contributed by atoms with Crippen LogP contribution in [0.2, 0.25) is 5.02 Å². The van der Waals surface area contributed by atoms with Crippen LogP contribution in [0.25, 0.3) is 10.2 Å². The number of likely N-dealkylation sites (tertiary alicyclic amines) is 1. The third-order valence-corrected chi connectivity index (χ3v) is 6.93. The average molecular weight is 476 g/mol. The van der Waals surface area contributed by atoms with Gasteiger partial charge < -0.3 is 10.1 Å². The average Bonchev–Trinajstić information content (AvgIpc) is 3.10. The minimum atomic E-state index is -0.746.